The Balaban J connectivity index is 0.00000242. The van der Waals surface area contributed by atoms with E-state index in [4.69, 9.17) is 5.73 Å². The zero-order valence-corrected chi connectivity index (χ0v) is 14.6. The van der Waals surface area contributed by atoms with Gasteiger partial charge < -0.3 is 10.6 Å². The lowest BCUT2D eigenvalue weighted by atomic mass is 10.0. The number of piperazine rings is 1. The molecule has 1 heterocycles. The van der Waals surface area contributed by atoms with Crippen LogP contribution in [0, 0.1) is 12.8 Å². The number of nitrogens with zero attached hydrogens (tertiary/aromatic N) is 2. The third-order valence-corrected chi connectivity index (χ3v) is 4.18. The third-order valence-electron chi connectivity index (χ3n) is 4.18. The molecule has 0 aliphatic carbocycles. The second-order valence-electron chi connectivity index (χ2n) is 6.36. The molecule has 1 atom stereocenters. The maximum Gasteiger partial charge on any atom is 0.239 e. The highest BCUT2D eigenvalue weighted by Crippen LogP contribution is 2.12. The van der Waals surface area contributed by atoms with Crippen LogP contribution in [0.15, 0.2) is 24.3 Å². The molecule has 1 aliphatic heterocycles. The standard InChI is InChI=1S/C17H27N3O.ClH/c1-13(2)16(18)17(21)20-9-7-19(8-10-20)12-15-6-4-5-14(3)11-15;/h4-6,11,13,16H,7-10,12,18H2,1-3H3;1H/t16-;/m0./s1. The van der Waals surface area contributed by atoms with E-state index in [-0.39, 0.29) is 30.3 Å². The topological polar surface area (TPSA) is 49.6 Å². The fraction of sp³-hybridized carbons (Fsp3) is 0.588. The van der Waals surface area contributed by atoms with Crippen molar-refractivity contribution >= 4 is 18.3 Å². The number of halogens is 1. The highest BCUT2D eigenvalue weighted by molar-refractivity contribution is 5.85. The molecule has 124 valence electrons. The van der Waals surface area contributed by atoms with Gasteiger partial charge >= 0.3 is 0 Å². The molecule has 1 aromatic carbocycles. The van der Waals surface area contributed by atoms with Crippen LogP contribution in [0.1, 0.15) is 25.0 Å². The van der Waals surface area contributed by atoms with E-state index in [1.165, 1.54) is 11.1 Å². The Morgan fingerprint density at radius 1 is 1.23 bits per heavy atom. The Morgan fingerprint density at radius 2 is 1.86 bits per heavy atom. The van der Waals surface area contributed by atoms with E-state index < -0.39 is 0 Å². The molecule has 22 heavy (non-hydrogen) atoms. The number of aryl methyl sites for hydroxylation is 1. The number of nitrogens with two attached hydrogens (primary N) is 1. The smallest absolute Gasteiger partial charge is 0.239 e. The van der Waals surface area contributed by atoms with E-state index in [0.29, 0.717) is 0 Å². The predicted octanol–water partition coefficient (Wildman–Crippen LogP) is 2.04. The van der Waals surface area contributed by atoms with Crippen LogP contribution in [-0.2, 0) is 11.3 Å². The molecule has 4 nitrogen and oxygen atoms in total. The zero-order valence-electron chi connectivity index (χ0n) is 13.8. The average Bonchev–Trinajstić information content (AvgIpc) is 2.46. The summed E-state index contributed by atoms with van der Waals surface area (Å²) in [6.45, 7) is 10.5. The van der Waals surface area contributed by atoms with Gasteiger partial charge in [0.1, 0.15) is 0 Å². The molecule has 0 unspecified atom stereocenters. The fourth-order valence-electron chi connectivity index (χ4n) is 2.69. The van der Waals surface area contributed by atoms with E-state index in [2.05, 4.69) is 36.1 Å². The summed E-state index contributed by atoms with van der Waals surface area (Å²) < 4.78 is 0. The molecule has 0 aromatic heterocycles. The lowest BCUT2D eigenvalue weighted by Gasteiger charge is -2.36. The molecule has 0 spiro atoms. The normalized spacial score (nSPS) is 17.2. The Hall–Kier alpha value is -1.10. The van der Waals surface area contributed by atoms with Crippen molar-refractivity contribution in [3.63, 3.8) is 0 Å². The van der Waals surface area contributed by atoms with Crippen molar-refractivity contribution in [1.82, 2.24) is 9.80 Å². The van der Waals surface area contributed by atoms with Crippen LogP contribution >= 0.6 is 12.4 Å². The minimum Gasteiger partial charge on any atom is -0.339 e. The molecule has 0 bridgehead atoms. The summed E-state index contributed by atoms with van der Waals surface area (Å²) in [5, 5.41) is 0. The summed E-state index contributed by atoms with van der Waals surface area (Å²) in [6.07, 6.45) is 0. The molecule has 1 aromatic rings. The summed E-state index contributed by atoms with van der Waals surface area (Å²) in [4.78, 5) is 16.5. The van der Waals surface area contributed by atoms with E-state index in [9.17, 15) is 4.79 Å². The predicted molar refractivity (Wildman–Crippen MR) is 93.1 cm³/mol. The van der Waals surface area contributed by atoms with Crippen LogP contribution in [0.4, 0.5) is 0 Å². The van der Waals surface area contributed by atoms with Gasteiger partial charge in [0.2, 0.25) is 5.91 Å². The number of amides is 1. The van der Waals surface area contributed by atoms with Crippen LogP contribution < -0.4 is 5.73 Å². The van der Waals surface area contributed by atoms with Gasteiger partial charge in [0.15, 0.2) is 0 Å². The van der Waals surface area contributed by atoms with E-state index in [0.717, 1.165) is 32.7 Å². The largest absolute Gasteiger partial charge is 0.339 e. The number of rotatable bonds is 4. The van der Waals surface area contributed by atoms with Crippen LogP contribution in [0.2, 0.25) is 0 Å². The maximum absolute atomic E-state index is 12.2. The average molecular weight is 326 g/mol. The number of hydrogen-bond donors (Lipinski definition) is 1. The first-order valence-corrected chi connectivity index (χ1v) is 7.79. The first-order chi connectivity index (χ1) is 9.97. The van der Waals surface area contributed by atoms with Crippen LogP contribution in [-0.4, -0.2) is 47.9 Å². The third kappa shape index (κ3) is 4.97. The second kappa shape index (κ2) is 8.51. The van der Waals surface area contributed by atoms with Crippen molar-refractivity contribution < 1.29 is 4.79 Å². The van der Waals surface area contributed by atoms with Gasteiger partial charge in [-0.3, -0.25) is 9.69 Å². The Bertz CT molecular complexity index is 485. The van der Waals surface area contributed by atoms with Crippen molar-refractivity contribution in [2.75, 3.05) is 26.2 Å². The van der Waals surface area contributed by atoms with Gasteiger partial charge in [-0.05, 0) is 18.4 Å². The molecule has 1 saturated heterocycles. The van der Waals surface area contributed by atoms with E-state index >= 15 is 0 Å². The molecule has 0 radical (unpaired) electrons. The molecule has 5 heteroatoms. The van der Waals surface area contributed by atoms with Crippen molar-refractivity contribution in [3.05, 3.63) is 35.4 Å². The van der Waals surface area contributed by atoms with Crippen molar-refractivity contribution in [2.45, 2.75) is 33.4 Å². The molecule has 2 rings (SSSR count). The minimum absolute atomic E-state index is 0. The van der Waals surface area contributed by atoms with Gasteiger partial charge in [0.05, 0.1) is 6.04 Å². The summed E-state index contributed by atoms with van der Waals surface area (Å²) >= 11 is 0. The van der Waals surface area contributed by atoms with Gasteiger partial charge in [-0.1, -0.05) is 43.7 Å². The minimum atomic E-state index is -0.367. The van der Waals surface area contributed by atoms with E-state index in [1.807, 2.05) is 18.7 Å². The lowest BCUT2D eigenvalue weighted by molar-refractivity contribution is -0.135. The molecular weight excluding hydrogens is 298 g/mol. The van der Waals surface area contributed by atoms with Crippen molar-refractivity contribution in [1.29, 1.82) is 0 Å². The lowest BCUT2D eigenvalue weighted by Crippen LogP contribution is -2.54. The van der Waals surface area contributed by atoms with Crippen LogP contribution in [0.3, 0.4) is 0 Å². The Morgan fingerprint density at radius 3 is 2.41 bits per heavy atom. The summed E-state index contributed by atoms with van der Waals surface area (Å²) in [6, 6.07) is 8.25. The van der Waals surface area contributed by atoms with Crippen LogP contribution in [0.5, 0.6) is 0 Å². The highest BCUT2D eigenvalue weighted by Gasteiger charge is 2.26. The monoisotopic (exact) mass is 325 g/mol. The van der Waals surface area contributed by atoms with Gasteiger partial charge in [0, 0.05) is 32.7 Å². The molecule has 1 aliphatic rings. The quantitative estimate of drug-likeness (QED) is 0.921. The Labute approximate surface area is 140 Å². The number of carbonyl (C=O) groups is 1. The summed E-state index contributed by atoms with van der Waals surface area (Å²) in [7, 11) is 0. The summed E-state index contributed by atoms with van der Waals surface area (Å²) in [5.41, 5.74) is 8.60. The van der Waals surface area contributed by atoms with Gasteiger partial charge in [-0.15, -0.1) is 12.4 Å². The van der Waals surface area contributed by atoms with Gasteiger partial charge in [-0.2, -0.15) is 0 Å². The number of carbonyl (C=O) groups excluding carboxylic acids is 1. The maximum atomic E-state index is 12.2. The van der Waals surface area contributed by atoms with Gasteiger partial charge in [-0.25, -0.2) is 0 Å². The summed E-state index contributed by atoms with van der Waals surface area (Å²) in [5.74, 6) is 0.294. The van der Waals surface area contributed by atoms with Crippen LogP contribution in [0.25, 0.3) is 0 Å². The fourth-order valence-corrected chi connectivity index (χ4v) is 2.69. The second-order valence-corrected chi connectivity index (χ2v) is 6.36. The van der Waals surface area contributed by atoms with Crippen molar-refractivity contribution in [2.24, 2.45) is 11.7 Å². The molecule has 1 fully saturated rings. The number of benzene rings is 1. The zero-order chi connectivity index (χ0) is 15.4. The SMILES string of the molecule is Cc1cccc(CN2CCN(C(=O)[C@@H](N)C(C)C)CC2)c1.Cl. The number of hydrogen-bond acceptors (Lipinski definition) is 3. The molecule has 2 N–H and O–H groups in total. The van der Waals surface area contributed by atoms with E-state index in [1.54, 1.807) is 0 Å². The molecule has 1 amide bonds. The first-order valence-electron chi connectivity index (χ1n) is 7.79. The highest BCUT2D eigenvalue weighted by atomic mass is 35.5. The molecule has 0 saturated carbocycles. The molecular formula is C17H28ClN3O. The van der Waals surface area contributed by atoms with Gasteiger partial charge in [0.25, 0.3) is 0 Å². The Kier molecular flexibility index (Phi) is 7.33. The first kappa shape index (κ1) is 18.9. The van der Waals surface area contributed by atoms with Crippen molar-refractivity contribution in [3.8, 4) is 0 Å².